The number of hydrogen-bond donors (Lipinski definition) is 2. The first kappa shape index (κ1) is 10.8. The van der Waals surface area contributed by atoms with Crippen molar-refractivity contribution in [3.8, 4) is 0 Å². The predicted molar refractivity (Wildman–Crippen MR) is 41.3 cm³/mol. The van der Waals surface area contributed by atoms with Crippen LogP contribution in [-0.4, -0.2) is 11.8 Å². The molecule has 1 aliphatic carbocycles. The van der Waals surface area contributed by atoms with Crippen LogP contribution in [0.2, 0.25) is 0 Å². The molecule has 0 aromatic rings. The SMILES string of the molecule is CC1(F)CCCC[C@@H]1F.NN. The van der Waals surface area contributed by atoms with E-state index in [1.54, 1.807) is 0 Å². The first-order valence-electron chi connectivity index (χ1n) is 3.79. The van der Waals surface area contributed by atoms with Crippen molar-refractivity contribution in [1.29, 1.82) is 0 Å². The molecular weight excluding hydrogens is 150 g/mol. The van der Waals surface area contributed by atoms with Gasteiger partial charge in [-0.1, -0.05) is 12.8 Å². The van der Waals surface area contributed by atoms with Crippen LogP contribution in [-0.2, 0) is 0 Å². The van der Waals surface area contributed by atoms with Gasteiger partial charge in [0.25, 0.3) is 0 Å². The second kappa shape index (κ2) is 4.62. The molecule has 2 nitrogen and oxygen atoms in total. The van der Waals surface area contributed by atoms with Gasteiger partial charge in [-0.15, -0.1) is 0 Å². The molecule has 0 spiro atoms. The topological polar surface area (TPSA) is 52.0 Å². The molecule has 0 heterocycles. The monoisotopic (exact) mass is 166 g/mol. The number of rotatable bonds is 0. The summed E-state index contributed by atoms with van der Waals surface area (Å²) in [6.45, 7) is 1.36. The highest BCUT2D eigenvalue weighted by molar-refractivity contribution is 4.86. The van der Waals surface area contributed by atoms with Gasteiger partial charge in [-0.25, -0.2) is 8.78 Å². The highest BCUT2D eigenvalue weighted by atomic mass is 19.2. The standard InChI is InChI=1S/C7H12F2.H4N2/c1-7(9)5-3-2-4-6(7)8;1-2/h6H,2-5H2,1H3;1-2H2/t6-,7?;/m0./s1. The number of halogens is 2. The predicted octanol–water partition coefficient (Wildman–Crippen LogP) is 1.45. The molecule has 1 saturated carbocycles. The van der Waals surface area contributed by atoms with E-state index in [4.69, 9.17) is 0 Å². The van der Waals surface area contributed by atoms with Crippen molar-refractivity contribution in [3.63, 3.8) is 0 Å². The van der Waals surface area contributed by atoms with E-state index in [2.05, 4.69) is 11.7 Å². The molecule has 4 heteroatoms. The minimum absolute atomic E-state index is 0.397. The zero-order valence-electron chi connectivity index (χ0n) is 6.82. The molecule has 0 radical (unpaired) electrons. The van der Waals surface area contributed by atoms with Gasteiger partial charge in [0.2, 0.25) is 0 Å². The van der Waals surface area contributed by atoms with Gasteiger partial charge in [-0.2, -0.15) is 0 Å². The normalized spacial score (nSPS) is 37.4. The van der Waals surface area contributed by atoms with E-state index in [-0.39, 0.29) is 0 Å². The molecule has 11 heavy (non-hydrogen) atoms. The van der Waals surface area contributed by atoms with Crippen molar-refractivity contribution in [3.05, 3.63) is 0 Å². The van der Waals surface area contributed by atoms with Gasteiger partial charge in [0, 0.05) is 0 Å². The highest BCUT2D eigenvalue weighted by Gasteiger charge is 2.36. The largest absolute Gasteiger partial charge is 0.274 e. The number of hydrazine groups is 1. The van der Waals surface area contributed by atoms with E-state index >= 15 is 0 Å². The Labute approximate surface area is 65.9 Å². The quantitative estimate of drug-likeness (QED) is 0.422. The second-order valence-corrected chi connectivity index (χ2v) is 2.99. The van der Waals surface area contributed by atoms with E-state index < -0.39 is 11.8 Å². The molecule has 1 aliphatic rings. The Kier molecular flexibility index (Phi) is 4.52. The lowest BCUT2D eigenvalue weighted by molar-refractivity contribution is 0.0288. The van der Waals surface area contributed by atoms with Crippen LogP contribution in [0.25, 0.3) is 0 Å². The summed E-state index contributed by atoms with van der Waals surface area (Å²) < 4.78 is 25.5. The maximum absolute atomic E-state index is 12.9. The molecule has 2 atom stereocenters. The molecule has 68 valence electrons. The molecule has 1 unspecified atom stereocenters. The van der Waals surface area contributed by atoms with E-state index in [9.17, 15) is 8.78 Å². The number of nitrogens with two attached hydrogens (primary N) is 2. The Bertz CT molecular complexity index is 107. The van der Waals surface area contributed by atoms with Gasteiger partial charge in [-0.3, -0.25) is 11.7 Å². The Balaban J connectivity index is 0.000000461. The molecular formula is C7H16F2N2. The molecule has 0 saturated heterocycles. The minimum atomic E-state index is -1.53. The van der Waals surface area contributed by atoms with Crippen LogP contribution in [0.4, 0.5) is 8.78 Å². The van der Waals surface area contributed by atoms with Crippen LogP contribution in [0.1, 0.15) is 32.6 Å². The van der Waals surface area contributed by atoms with E-state index in [0.29, 0.717) is 12.8 Å². The van der Waals surface area contributed by atoms with Gasteiger partial charge in [0.1, 0.15) is 11.8 Å². The number of alkyl halides is 2. The van der Waals surface area contributed by atoms with Gasteiger partial charge in [0.15, 0.2) is 0 Å². The fourth-order valence-electron chi connectivity index (χ4n) is 1.25. The number of hydrogen-bond acceptors (Lipinski definition) is 2. The Morgan fingerprint density at radius 1 is 1.36 bits per heavy atom. The van der Waals surface area contributed by atoms with Crippen LogP contribution in [0.5, 0.6) is 0 Å². The lowest BCUT2D eigenvalue weighted by Crippen LogP contribution is -2.34. The van der Waals surface area contributed by atoms with Gasteiger partial charge < -0.3 is 0 Å². The summed E-state index contributed by atoms with van der Waals surface area (Å²) in [7, 11) is 0. The summed E-state index contributed by atoms with van der Waals surface area (Å²) in [6, 6.07) is 0. The third-order valence-electron chi connectivity index (χ3n) is 2.03. The maximum atomic E-state index is 12.9. The van der Waals surface area contributed by atoms with Crippen LogP contribution in [0.15, 0.2) is 0 Å². The second-order valence-electron chi connectivity index (χ2n) is 2.99. The van der Waals surface area contributed by atoms with E-state index in [0.717, 1.165) is 12.8 Å². The summed E-state index contributed by atoms with van der Waals surface area (Å²) in [4.78, 5) is 0. The van der Waals surface area contributed by atoms with Crippen molar-refractivity contribution in [2.45, 2.75) is 44.4 Å². The molecule has 0 bridgehead atoms. The Morgan fingerprint density at radius 3 is 2.18 bits per heavy atom. The highest BCUT2D eigenvalue weighted by Crippen LogP contribution is 2.33. The minimum Gasteiger partial charge on any atom is -0.274 e. The molecule has 0 aromatic carbocycles. The summed E-state index contributed by atoms with van der Waals surface area (Å²) in [5.74, 6) is 8.00. The zero-order valence-corrected chi connectivity index (χ0v) is 6.82. The Morgan fingerprint density at radius 2 is 1.91 bits per heavy atom. The van der Waals surface area contributed by atoms with Gasteiger partial charge in [0.05, 0.1) is 0 Å². The van der Waals surface area contributed by atoms with Crippen LogP contribution in [0, 0.1) is 0 Å². The average molecular weight is 166 g/mol. The molecule has 0 aliphatic heterocycles. The van der Waals surface area contributed by atoms with Crippen LogP contribution < -0.4 is 11.7 Å². The zero-order chi connectivity index (χ0) is 8.91. The third-order valence-corrected chi connectivity index (χ3v) is 2.03. The molecule has 0 aromatic heterocycles. The van der Waals surface area contributed by atoms with E-state index in [1.165, 1.54) is 6.92 Å². The van der Waals surface area contributed by atoms with Gasteiger partial charge in [-0.05, 0) is 19.8 Å². The lowest BCUT2D eigenvalue weighted by atomic mass is 9.86. The lowest BCUT2D eigenvalue weighted by Gasteiger charge is -2.28. The average Bonchev–Trinajstić information content (AvgIpc) is 2.00. The smallest absolute Gasteiger partial charge is 0.139 e. The first-order chi connectivity index (χ1) is 5.13. The van der Waals surface area contributed by atoms with Crippen molar-refractivity contribution in [2.75, 3.05) is 0 Å². The fourth-order valence-corrected chi connectivity index (χ4v) is 1.25. The van der Waals surface area contributed by atoms with E-state index in [1.807, 2.05) is 0 Å². The summed E-state index contributed by atoms with van der Waals surface area (Å²) >= 11 is 0. The first-order valence-corrected chi connectivity index (χ1v) is 3.79. The summed E-state index contributed by atoms with van der Waals surface area (Å²) in [6.07, 6.45) is 1.28. The van der Waals surface area contributed by atoms with Crippen molar-refractivity contribution in [2.24, 2.45) is 11.7 Å². The molecule has 4 N–H and O–H groups in total. The van der Waals surface area contributed by atoms with Crippen molar-refractivity contribution < 1.29 is 8.78 Å². The summed E-state index contributed by atoms with van der Waals surface area (Å²) in [5, 5.41) is 0. The van der Waals surface area contributed by atoms with Crippen molar-refractivity contribution >= 4 is 0 Å². The summed E-state index contributed by atoms with van der Waals surface area (Å²) in [5.41, 5.74) is -1.53. The molecule has 0 amide bonds. The Hall–Kier alpha value is -0.220. The maximum Gasteiger partial charge on any atom is 0.139 e. The van der Waals surface area contributed by atoms with Crippen molar-refractivity contribution in [1.82, 2.24) is 0 Å². The molecule has 1 fully saturated rings. The van der Waals surface area contributed by atoms with Gasteiger partial charge >= 0.3 is 0 Å². The fraction of sp³-hybridized carbons (Fsp3) is 1.00. The molecule has 1 rings (SSSR count). The van der Waals surface area contributed by atoms with Crippen LogP contribution >= 0.6 is 0 Å². The third kappa shape index (κ3) is 3.12. The van der Waals surface area contributed by atoms with Crippen LogP contribution in [0.3, 0.4) is 0 Å².